The number of hydrogen-bond acceptors (Lipinski definition) is 3. The highest BCUT2D eigenvalue weighted by molar-refractivity contribution is 14.1. The molecule has 5 nitrogen and oxygen atoms in total. The molecule has 0 spiro atoms. The van der Waals surface area contributed by atoms with Gasteiger partial charge in [0, 0.05) is 5.54 Å². The van der Waals surface area contributed by atoms with Crippen LogP contribution in [0.3, 0.4) is 0 Å². The lowest BCUT2D eigenvalue weighted by atomic mass is 10.0. The largest absolute Gasteiger partial charge is 0.349 e. The van der Waals surface area contributed by atoms with E-state index in [0.717, 1.165) is 6.42 Å². The number of rotatable bonds is 4. The lowest BCUT2D eigenvalue weighted by Gasteiger charge is -2.27. The third-order valence-electron chi connectivity index (χ3n) is 3.04. The zero-order valence-corrected chi connectivity index (χ0v) is 14.2. The molecule has 7 heteroatoms. The quantitative estimate of drug-likeness (QED) is 0.627. The molecule has 1 aromatic heterocycles. The Balaban J connectivity index is 3.02. The van der Waals surface area contributed by atoms with E-state index in [0.29, 0.717) is 3.57 Å². The molecule has 1 amide bonds. The zero-order valence-electron chi connectivity index (χ0n) is 11.3. The second-order valence-electron chi connectivity index (χ2n) is 4.96. The van der Waals surface area contributed by atoms with Crippen LogP contribution in [-0.4, -0.2) is 21.0 Å². The lowest BCUT2D eigenvalue weighted by molar-refractivity contribution is -0.125. The predicted octanol–water partition coefficient (Wildman–Crippen LogP) is 2.37. The maximum absolute atomic E-state index is 12.1. The van der Waals surface area contributed by atoms with E-state index >= 15 is 0 Å². The van der Waals surface area contributed by atoms with Crippen molar-refractivity contribution in [2.45, 2.75) is 45.7 Å². The van der Waals surface area contributed by atoms with Crippen molar-refractivity contribution in [2.24, 2.45) is 0 Å². The van der Waals surface area contributed by atoms with E-state index in [9.17, 15) is 9.59 Å². The van der Waals surface area contributed by atoms with E-state index in [1.165, 1.54) is 10.9 Å². The molecule has 1 atom stereocenters. The van der Waals surface area contributed by atoms with Crippen LogP contribution in [0.25, 0.3) is 0 Å². The minimum atomic E-state index is -0.628. The normalized spacial score (nSPS) is 13.2. The number of nitrogens with one attached hydrogen (secondary N) is 1. The summed E-state index contributed by atoms with van der Waals surface area (Å²) < 4.78 is 1.60. The summed E-state index contributed by atoms with van der Waals surface area (Å²) in [5.74, 6) is -0.214. The first-order chi connectivity index (χ1) is 8.69. The van der Waals surface area contributed by atoms with Gasteiger partial charge in [0.1, 0.15) is 14.8 Å². The van der Waals surface area contributed by atoms with Crippen molar-refractivity contribution in [3.63, 3.8) is 0 Å². The van der Waals surface area contributed by atoms with Gasteiger partial charge >= 0.3 is 0 Å². The first-order valence-corrected chi connectivity index (χ1v) is 7.39. The Labute approximate surface area is 130 Å². The maximum Gasteiger partial charge on any atom is 0.269 e. The molecule has 0 saturated heterocycles. The summed E-state index contributed by atoms with van der Waals surface area (Å²) in [5, 5.41) is 3.06. The number of hydrogen-bond donors (Lipinski definition) is 1. The molecule has 1 N–H and O–H groups in total. The van der Waals surface area contributed by atoms with Crippen LogP contribution < -0.4 is 10.9 Å². The number of halogens is 2. The standard InChI is InChI=1S/C12H17ClIN3O2/c1-5-12(3,4)16-10(18)7(2)17-6-15-9(13)8(14)11(17)19/h6-7H,5H2,1-4H3,(H,16,18). The van der Waals surface area contributed by atoms with Gasteiger partial charge in [0.15, 0.2) is 0 Å². The van der Waals surface area contributed by atoms with Gasteiger partial charge in [0.05, 0.1) is 6.33 Å². The van der Waals surface area contributed by atoms with E-state index in [-0.39, 0.29) is 22.2 Å². The Morgan fingerprint density at radius 3 is 2.74 bits per heavy atom. The smallest absolute Gasteiger partial charge is 0.269 e. The molecule has 0 aliphatic carbocycles. The first-order valence-electron chi connectivity index (χ1n) is 5.93. The summed E-state index contributed by atoms with van der Waals surface area (Å²) in [6.07, 6.45) is 2.10. The third kappa shape index (κ3) is 3.92. The van der Waals surface area contributed by atoms with Crippen LogP contribution in [0.4, 0.5) is 0 Å². The Kier molecular flexibility index (Phi) is 5.37. The molecule has 0 radical (unpaired) electrons. The highest BCUT2D eigenvalue weighted by atomic mass is 127. The van der Waals surface area contributed by atoms with Gasteiger partial charge in [-0.2, -0.15) is 0 Å². The Bertz CT molecular complexity index is 542. The predicted molar refractivity (Wildman–Crippen MR) is 83.4 cm³/mol. The number of nitrogens with zero attached hydrogens (tertiary/aromatic N) is 2. The van der Waals surface area contributed by atoms with Crippen LogP contribution in [0.1, 0.15) is 40.2 Å². The Morgan fingerprint density at radius 2 is 2.21 bits per heavy atom. The van der Waals surface area contributed by atoms with Crippen molar-refractivity contribution in [1.82, 2.24) is 14.9 Å². The summed E-state index contributed by atoms with van der Waals surface area (Å²) in [7, 11) is 0. The van der Waals surface area contributed by atoms with Gasteiger partial charge in [-0.3, -0.25) is 14.2 Å². The van der Waals surface area contributed by atoms with Crippen molar-refractivity contribution in [3.8, 4) is 0 Å². The number of aromatic nitrogens is 2. The Morgan fingerprint density at radius 1 is 1.63 bits per heavy atom. The molecule has 0 bridgehead atoms. The van der Waals surface area contributed by atoms with Gasteiger partial charge in [0.25, 0.3) is 5.56 Å². The molecular weight excluding hydrogens is 381 g/mol. The molecule has 0 fully saturated rings. The molecule has 0 saturated carbocycles. The summed E-state index contributed by atoms with van der Waals surface area (Å²) in [6.45, 7) is 7.52. The monoisotopic (exact) mass is 397 g/mol. The highest BCUT2D eigenvalue weighted by Gasteiger charge is 2.24. The number of carbonyl (C=O) groups excluding carboxylic acids is 1. The highest BCUT2D eigenvalue weighted by Crippen LogP contribution is 2.13. The molecule has 0 aliphatic rings. The van der Waals surface area contributed by atoms with E-state index in [1.54, 1.807) is 6.92 Å². The van der Waals surface area contributed by atoms with Crippen molar-refractivity contribution in [1.29, 1.82) is 0 Å². The molecule has 0 aromatic carbocycles. The molecule has 106 valence electrons. The second kappa shape index (κ2) is 6.21. The third-order valence-corrected chi connectivity index (χ3v) is 4.62. The molecule has 1 aromatic rings. The van der Waals surface area contributed by atoms with Crippen LogP contribution in [0.5, 0.6) is 0 Å². The fraction of sp³-hybridized carbons (Fsp3) is 0.583. The average molecular weight is 398 g/mol. The number of amides is 1. The van der Waals surface area contributed by atoms with E-state index in [4.69, 9.17) is 11.6 Å². The average Bonchev–Trinajstić information content (AvgIpc) is 2.35. The molecule has 1 unspecified atom stereocenters. The molecule has 19 heavy (non-hydrogen) atoms. The molecule has 0 aliphatic heterocycles. The van der Waals surface area contributed by atoms with Gasteiger partial charge in [-0.25, -0.2) is 4.98 Å². The van der Waals surface area contributed by atoms with Gasteiger partial charge in [0.2, 0.25) is 5.91 Å². The maximum atomic E-state index is 12.1. The summed E-state index contributed by atoms with van der Waals surface area (Å²) in [4.78, 5) is 28.1. The summed E-state index contributed by atoms with van der Waals surface area (Å²) in [5.41, 5.74) is -0.611. The van der Waals surface area contributed by atoms with Gasteiger partial charge in [-0.15, -0.1) is 0 Å². The van der Waals surface area contributed by atoms with E-state index in [1.807, 2.05) is 43.4 Å². The van der Waals surface area contributed by atoms with Crippen LogP contribution in [0.2, 0.25) is 5.15 Å². The van der Waals surface area contributed by atoms with Crippen LogP contribution in [0, 0.1) is 3.57 Å². The lowest BCUT2D eigenvalue weighted by Crippen LogP contribution is -2.47. The van der Waals surface area contributed by atoms with Crippen LogP contribution in [-0.2, 0) is 4.79 Å². The van der Waals surface area contributed by atoms with Crippen LogP contribution in [0.15, 0.2) is 11.1 Å². The van der Waals surface area contributed by atoms with Gasteiger partial charge in [-0.1, -0.05) is 18.5 Å². The fourth-order valence-electron chi connectivity index (χ4n) is 1.35. The van der Waals surface area contributed by atoms with Gasteiger partial charge < -0.3 is 5.32 Å². The summed E-state index contributed by atoms with van der Waals surface area (Å²) >= 11 is 7.59. The first kappa shape index (κ1) is 16.4. The SMILES string of the molecule is CCC(C)(C)NC(=O)C(C)n1cnc(Cl)c(I)c1=O. The minimum Gasteiger partial charge on any atom is -0.349 e. The van der Waals surface area contributed by atoms with E-state index in [2.05, 4.69) is 10.3 Å². The van der Waals surface area contributed by atoms with Crippen LogP contribution >= 0.6 is 34.2 Å². The van der Waals surface area contributed by atoms with Crippen molar-refractivity contribution >= 4 is 40.1 Å². The van der Waals surface area contributed by atoms with E-state index < -0.39 is 6.04 Å². The van der Waals surface area contributed by atoms with Crippen molar-refractivity contribution in [2.75, 3.05) is 0 Å². The minimum absolute atomic E-state index is 0.156. The zero-order chi connectivity index (χ0) is 14.8. The molecule has 1 rings (SSSR count). The molecule has 1 heterocycles. The topological polar surface area (TPSA) is 64.0 Å². The van der Waals surface area contributed by atoms with Crippen molar-refractivity contribution < 1.29 is 4.79 Å². The van der Waals surface area contributed by atoms with Crippen molar-refractivity contribution in [3.05, 3.63) is 25.4 Å². The summed E-state index contributed by atoms with van der Waals surface area (Å²) in [6, 6.07) is -0.628. The fourth-order valence-corrected chi connectivity index (χ4v) is 1.89. The Hall–Kier alpha value is -0.630. The molecular formula is C12H17ClIN3O2. The number of carbonyl (C=O) groups is 1. The van der Waals surface area contributed by atoms with Gasteiger partial charge in [-0.05, 0) is 49.8 Å². The second-order valence-corrected chi connectivity index (χ2v) is 6.40.